The lowest BCUT2D eigenvalue weighted by Gasteiger charge is -2.15. The molecule has 0 unspecified atom stereocenters. The molecule has 0 aromatic heterocycles. The largest absolute Gasteiger partial charge is 0.573 e. The third-order valence-electron chi connectivity index (χ3n) is 1.06. The maximum Gasteiger partial charge on any atom is 0.573 e. The van der Waals surface area contributed by atoms with Crippen molar-refractivity contribution >= 4 is 0 Å². The predicted molar refractivity (Wildman–Crippen MR) is 32.2 cm³/mol. The third kappa shape index (κ3) is 2.81. The molecular weight excluding hydrogens is 178 g/mol. The van der Waals surface area contributed by atoms with Gasteiger partial charge >= 0.3 is 6.36 Å². The van der Waals surface area contributed by atoms with Gasteiger partial charge in [-0.15, -0.1) is 17.7 Å². The van der Waals surface area contributed by atoms with Crippen LogP contribution in [0, 0.1) is 0 Å². The van der Waals surface area contributed by atoms with Crippen LogP contribution in [0.2, 0.25) is 0 Å². The Bertz CT molecular complexity index is 220. The summed E-state index contributed by atoms with van der Waals surface area (Å²) in [6.45, 7) is -0.0648. The van der Waals surface area contributed by atoms with Gasteiger partial charge in [-0.3, -0.25) is 0 Å². The molecule has 1 rings (SSSR count). The molecule has 0 saturated carbocycles. The number of ether oxygens (including phenoxy) is 1. The summed E-state index contributed by atoms with van der Waals surface area (Å²) in [4.78, 5) is 0. The normalized spacial score (nSPS) is 17.7. The molecule has 0 spiro atoms. The predicted octanol–water partition coefficient (Wildman–Crippen LogP) is 2.12. The number of hydrogen-bond donors (Lipinski definition) is 0. The Hall–Kier alpha value is -1.20. The van der Waals surface area contributed by atoms with Crippen LogP contribution in [0.1, 0.15) is 0 Å². The summed E-state index contributed by atoms with van der Waals surface area (Å²) < 4.78 is 50.3. The summed E-state index contributed by atoms with van der Waals surface area (Å²) in [5.74, 6) is -0.559. The molecule has 0 aliphatic carbocycles. The number of allylic oxidation sites excluding steroid dienone is 1. The van der Waals surface area contributed by atoms with Crippen LogP contribution in [0.3, 0.4) is 0 Å². The summed E-state index contributed by atoms with van der Waals surface area (Å²) in [5.41, 5.74) is 0. The molecule has 0 fully saturated rings. The second-order valence-corrected chi connectivity index (χ2v) is 2.06. The highest BCUT2D eigenvalue weighted by Crippen LogP contribution is 2.22. The van der Waals surface area contributed by atoms with Crippen molar-refractivity contribution in [2.24, 2.45) is 0 Å². The number of nitrogens with zero attached hydrogens (tertiary/aromatic N) is 1. The number of hydrogen-bond acceptors (Lipinski definition) is 2. The molecule has 0 aromatic rings. The van der Waals surface area contributed by atoms with Crippen molar-refractivity contribution in [1.82, 2.24) is 5.12 Å². The van der Waals surface area contributed by atoms with E-state index in [2.05, 4.69) is 4.74 Å². The van der Waals surface area contributed by atoms with Crippen molar-refractivity contribution < 1.29 is 22.4 Å². The lowest BCUT2D eigenvalue weighted by atomic mass is 10.4. The van der Waals surface area contributed by atoms with Crippen molar-refractivity contribution in [2.45, 2.75) is 6.36 Å². The molecule has 1 aliphatic heterocycles. The van der Waals surface area contributed by atoms with E-state index in [4.69, 9.17) is 0 Å². The summed E-state index contributed by atoms with van der Waals surface area (Å²) >= 11 is 0. The zero-order chi connectivity index (χ0) is 9.19. The smallest absolute Gasteiger partial charge is 0.404 e. The average Bonchev–Trinajstić information content (AvgIpc) is 1.82. The van der Waals surface area contributed by atoms with Crippen molar-refractivity contribution in [3.63, 3.8) is 0 Å². The Morgan fingerprint density at radius 3 is 2.58 bits per heavy atom. The zero-order valence-electron chi connectivity index (χ0n) is 5.81. The molecule has 1 aliphatic rings. The third-order valence-corrected chi connectivity index (χ3v) is 1.06. The first kappa shape index (κ1) is 8.89. The lowest BCUT2D eigenvalue weighted by molar-refractivity contribution is -0.304. The topological polar surface area (TPSA) is 12.5 Å². The Labute approximate surface area is 65.6 Å². The van der Waals surface area contributed by atoms with Crippen LogP contribution in [-0.2, 0) is 4.74 Å². The van der Waals surface area contributed by atoms with Crippen LogP contribution in [0.15, 0.2) is 24.1 Å². The van der Waals surface area contributed by atoms with E-state index in [1.165, 1.54) is 6.08 Å². The maximum absolute atomic E-state index is 12.3. The Morgan fingerprint density at radius 2 is 2.08 bits per heavy atom. The minimum absolute atomic E-state index is 0.0648. The SMILES string of the molecule is FN1C=C(OC(F)(F)F)C=CC1. The van der Waals surface area contributed by atoms with E-state index in [0.29, 0.717) is 6.20 Å². The molecule has 0 radical (unpaired) electrons. The van der Waals surface area contributed by atoms with Crippen molar-refractivity contribution in [2.75, 3.05) is 6.54 Å². The first-order valence-electron chi connectivity index (χ1n) is 3.04. The second kappa shape index (κ2) is 3.04. The van der Waals surface area contributed by atoms with Crippen LogP contribution >= 0.6 is 0 Å². The Morgan fingerprint density at radius 1 is 1.42 bits per heavy atom. The van der Waals surface area contributed by atoms with Crippen LogP contribution in [0.4, 0.5) is 17.7 Å². The van der Waals surface area contributed by atoms with Crippen molar-refractivity contribution in [3.8, 4) is 0 Å². The summed E-state index contributed by atoms with van der Waals surface area (Å²) in [6, 6.07) is 0. The van der Waals surface area contributed by atoms with Crippen molar-refractivity contribution in [3.05, 3.63) is 24.1 Å². The average molecular weight is 183 g/mol. The Balaban J connectivity index is 2.58. The molecule has 2 nitrogen and oxygen atoms in total. The minimum Gasteiger partial charge on any atom is -0.404 e. The van der Waals surface area contributed by atoms with Gasteiger partial charge in [0.25, 0.3) is 0 Å². The van der Waals surface area contributed by atoms with Gasteiger partial charge in [0.2, 0.25) is 0 Å². The fourth-order valence-electron chi connectivity index (χ4n) is 0.697. The molecule has 0 bridgehead atoms. The second-order valence-electron chi connectivity index (χ2n) is 2.06. The molecule has 0 saturated heterocycles. The van der Waals surface area contributed by atoms with Gasteiger partial charge in [0.15, 0.2) is 0 Å². The fraction of sp³-hybridized carbons (Fsp3) is 0.333. The molecule has 12 heavy (non-hydrogen) atoms. The monoisotopic (exact) mass is 183 g/mol. The molecule has 1 heterocycles. The van der Waals surface area contributed by atoms with Crippen LogP contribution in [-0.4, -0.2) is 18.0 Å². The molecular formula is C6H5F4NO. The van der Waals surface area contributed by atoms with E-state index in [1.807, 2.05) is 0 Å². The van der Waals surface area contributed by atoms with Crippen LogP contribution < -0.4 is 0 Å². The number of rotatable bonds is 1. The molecule has 68 valence electrons. The van der Waals surface area contributed by atoms with Gasteiger partial charge in [0.1, 0.15) is 5.76 Å². The molecule has 0 atom stereocenters. The Kier molecular flexibility index (Phi) is 2.25. The molecule has 0 N–H and O–H groups in total. The summed E-state index contributed by atoms with van der Waals surface area (Å²) in [5, 5.41) is 0.0983. The van der Waals surface area contributed by atoms with Gasteiger partial charge in [-0.1, -0.05) is 6.08 Å². The first-order valence-corrected chi connectivity index (χ1v) is 3.04. The van der Waals surface area contributed by atoms with E-state index in [0.717, 1.165) is 6.08 Å². The maximum atomic E-state index is 12.3. The zero-order valence-corrected chi connectivity index (χ0v) is 5.81. The van der Waals surface area contributed by atoms with E-state index in [1.54, 1.807) is 0 Å². The number of halogens is 4. The highest BCUT2D eigenvalue weighted by molar-refractivity contribution is 5.15. The van der Waals surface area contributed by atoms with E-state index < -0.39 is 12.1 Å². The standard InChI is InChI=1S/C6H5F4NO/c7-6(8,9)12-5-2-1-3-11(10)4-5/h1-2,4H,3H2. The quantitative estimate of drug-likeness (QED) is 0.456. The van der Waals surface area contributed by atoms with Gasteiger partial charge in [0, 0.05) is 0 Å². The van der Waals surface area contributed by atoms with Crippen molar-refractivity contribution in [1.29, 1.82) is 0 Å². The summed E-state index contributed by atoms with van der Waals surface area (Å²) in [7, 11) is 0. The van der Waals surface area contributed by atoms with Gasteiger partial charge in [-0.25, -0.2) is 5.12 Å². The fourth-order valence-corrected chi connectivity index (χ4v) is 0.697. The van der Waals surface area contributed by atoms with Gasteiger partial charge in [-0.2, -0.15) is 0 Å². The van der Waals surface area contributed by atoms with Crippen LogP contribution in [0.25, 0.3) is 0 Å². The molecule has 6 heteroatoms. The number of alkyl halides is 3. The van der Waals surface area contributed by atoms with Crippen LogP contribution in [0.5, 0.6) is 0 Å². The van der Waals surface area contributed by atoms with Gasteiger partial charge in [0.05, 0.1) is 12.7 Å². The van der Waals surface area contributed by atoms with Gasteiger partial charge in [-0.05, 0) is 6.08 Å². The summed E-state index contributed by atoms with van der Waals surface area (Å²) in [6.07, 6.45) is -1.85. The first-order chi connectivity index (χ1) is 5.47. The minimum atomic E-state index is -4.77. The van der Waals surface area contributed by atoms with Gasteiger partial charge < -0.3 is 4.74 Å². The van der Waals surface area contributed by atoms with E-state index in [-0.39, 0.29) is 11.7 Å². The molecule has 0 aromatic carbocycles. The highest BCUT2D eigenvalue weighted by atomic mass is 19.4. The highest BCUT2D eigenvalue weighted by Gasteiger charge is 2.32. The molecule has 0 amide bonds. The lowest BCUT2D eigenvalue weighted by Crippen LogP contribution is -2.17. The van der Waals surface area contributed by atoms with E-state index in [9.17, 15) is 17.7 Å². The van der Waals surface area contributed by atoms with E-state index >= 15 is 0 Å².